The van der Waals surface area contributed by atoms with Gasteiger partial charge in [-0.25, -0.2) is 0 Å². The van der Waals surface area contributed by atoms with E-state index >= 15 is 0 Å². The Morgan fingerprint density at radius 1 is 1.18 bits per heavy atom. The molecule has 0 aromatic heterocycles. The maximum absolute atomic E-state index is 6.10. The summed E-state index contributed by atoms with van der Waals surface area (Å²) >= 11 is 0. The number of hydrogen-bond donors (Lipinski definition) is 1. The average Bonchev–Trinajstić information content (AvgIpc) is 2.28. The highest BCUT2D eigenvalue weighted by Crippen LogP contribution is 2.32. The lowest BCUT2D eigenvalue weighted by atomic mass is 9.81. The van der Waals surface area contributed by atoms with Crippen LogP contribution in [0.1, 0.15) is 67.2 Å². The second kappa shape index (κ2) is 6.75. The SMILES string of the molecule is CCCCC(CC)(CN)N(C)C(C)C(C)(C)C. The van der Waals surface area contributed by atoms with Gasteiger partial charge in [-0.2, -0.15) is 0 Å². The molecule has 0 heterocycles. The van der Waals surface area contributed by atoms with E-state index < -0.39 is 0 Å². The van der Waals surface area contributed by atoms with Gasteiger partial charge in [0.15, 0.2) is 0 Å². The highest BCUT2D eigenvalue weighted by Gasteiger charge is 2.37. The zero-order chi connectivity index (χ0) is 13.7. The lowest BCUT2D eigenvalue weighted by Crippen LogP contribution is -2.57. The van der Waals surface area contributed by atoms with Crippen molar-refractivity contribution in [3.05, 3.63) is 0 Å². The van der Waals surface area contributed by atoms with Gasteiger partial charge in [-0.3, -0.25) is 4.90 Å². The average molecular weight is 242 g/mol. The van der Waals surface area contributed by atoms with Crippen LogP contribution in [0.25, 0.3) is 0 Å². The highest BCUT2D eigenvalue weighted by molar-refractivity contribution is 4.94. The van der Waals surface area contributed by atoms with E-state index in [1.54, 1.807) is 0 Å². The molecule has 0 aromatic rings. The molecule has 0 aromatic carbocycles. The smallest absolute Gasteiger partial charge is 0.0329 e. The molecule has 0 rings (SSSR count). The number of unbranched alkanes of at least 4 members (excludes halogenated alkanes) is 1. The fraction of sp³-hybridized carbons (Fsp3) is 1.00. The van der Waals surface area contributed by atoms with E-state index in [1.807, 2.05) is 0 Å². The van der Waals surface area contributed by atoms with Crippen LogP contribution in [-0.2, 0) is 0 Å². The predicted molar refractivity (Wildman–Crippen MR) is 78.3 cm³/mol. The number of nitrogens with zero attached hydrogens (tertiary/aromatic N) is 1. The van der Waals surface area contributed by atoms with Crippen molar-refractivity contribution in [3.8, 4) is 0 Å². The summed E-state index contributed by atoms with van der Waals surface area (Å²) in [6.07, 6.45) is 4.87. The summed E-state index contributed by atoms with van der Waals surface area (Å²) in [5.41, 5.74) is 6.58. The van der Waals surface area contributed by atoms with Gasteiger partial charge in [-0.05, 0) is 32.2 Å². The number of rotatable bonds is 7. The van der Waals surface area contributed by atoms with Gasteiger partial charge in [0.05, 0.1) is 0 Å². The molecule has 2 heteroatoms. The third-order valence-electron chi connectivity index (χ3n) is 4.62. The second-order valence-corrected chi connectivity index (χ2v) is 6.54. The van der Waals surface area contributed by atoms with Crippen LogP contribution in [0.3, 0.4) is 0 Å². The summed E-state index contributed by atoms with van der Waals surface area (Å²) in [5.74, 6) is 0. The molecule has 0 spiro atoms. The largest absolute Gasteiger partial charge is 0.329 e. The van der Waals surface area contributed by atoms with Crippen LogP contribution >= 0.6 is 0 Å². The van der Waals surface area contributed by atoms with Gasteiger partial charge in [0, 0.05) is 18.1 Å². The zero-order valence-corrected chi connectivity index (χ0v) is 13.1. The second-order valence-electron chi connectivity index (χ2n) is 6.54. The van der Waals surface area contributed by atoms with Crippen LogP contribution < -0.4 is 5.73 Å². The molecule has 2 unspecified atom stereocenters. The van der Waals surface area contributed by atoms with Crippen LogP contribution in [0.2, 0.25) is 0 Å². The molecule has 0 saturated carbocycles. The van der Waals surface area contributed by atoms with Gasteiger partial charge in [0.25, 0.3) is 0 Å². The van der Waals surface area contributed by atoms with Crippen LogP contribution in [0.5, 0.6) is 0 Å². The van der Waals surface area contributed by atoms with Crippen molar-refractivity contribution in [2.24, 2.45) is 11.1 Å². The van der Waals surface area contributed by atoms with Crippen molar-refractivity contribution in [1.29, 1.82) is 0 Å². The Labute approximate surface area is 109 Å². The third-order valence-corrected chi connectivity index (χ3v) is 4.62. The minimum absolute atomic E-state index is 0.183. The summed E-state index contributed by atoms with van der Waals surface area (Å²) in [5, 5.41) is 0. The third kappa shape index (κ3) is 4.26. The Morgan fingerprint density at radius 2 is 1.71 bits per heavy atom. The number of likely N-dealkylation sites (N-methyl/N-ethyl adjacent to an activating group) is 1. The van der Waals surface area contributed by atoms with Gasteiger partial charge in [0.1, 0.15) is 0 Å². The van der Waals surface area contributed by atoms with E-state index in [4.69, 9.17) is 5.73 Å². The molecule has 0 saturated heterocycles. The molecule has 0 aliphatic carbocycles. The molecule has 0 aliphatic rings. The van der Waals surface area contributed by atoms with Gasteiger partial charge in [-0.1, -0.05) is 47.5 Å². The monoisotopic (exact) mass is 242 g/mol. The zero-order valence-electron chi connectivity index (χ0n) is 13.1. The maximum Gasteiger partial charge on any atom is 0.0329 e. The molecule has 17 heavy (non-hydrogen) atoms. The first-order chi connectivity index (χ1) is 7.75. The van der Waals surface area contributed by atoms with Crippen molar-refractivity contribution >= 4 is 0 Å². The molecule has 0 fully saturated rings. The molecule has 2 N–H and O–H groups in total. The maximum atomic E-state index is 6.10. The first-order valence-electron chi connectivity index (χ1n) is 7.18. The van der Waals surface area contributed by atoms with E-state index in [-0.39, 0.29) is 5.54 Å². The summed E-state index contributed by atoms with van der Waals surface area (Å²) in [4.78, 5) is 2.53. The standard InChI is InChI=1S/C15H34N2/c1-8-10-11-15(9-2,12-16)17(7)13(3)14(4,5)6/h13H,8-12,16H2,1-7H3. The van der Waals surface area contributed by atoms with E-state index in [2.05, 4.69) is 53.5 Å². The summed E-state index contributed by atoms with van der Waals surface area (Å²) in [7, 11) is 2.25. The van der Waals surface area contributed by atoms with E-state index in [9.17, 15) is 0 Å². The molecule has 0 amide bonds. The fourth-order valence-corrected chi connectivity index (χ4v) is 2.49. The number of hydrogen-bond acceptors (Lipinski definition) is 2. The molecule has 0 bridgehead atoms. The lowest BCUT2D eigenvalue weighted by Gasteiger charge is -2.48. The topological polar surface area (TPSA) is 29.3 Å². The predicted octanol–water partition coefficient (Wildman–Crippen LogP) is 3.65. The molecule has 0 radical (unpaired) electrons. The van der Waals surface area contributed by atoms with Crippen molar-refractivity contribution in [2.45, 2.75) is 78.8 Å². The minimum atomic E-state index is 0.183. The highest BCUT2D eigenvalue weighted by atomic mass is 15.2. The normalized spacial score (nSPS) is 18.2. The quantitative estimate of drug-likeness (QED) is 0.738. The lowest BCUT2D eigenvalue weighted by molar-refractivity contribution is 0.0216. The molecule has 104 valence electrons. The molecule has 2 atom stereocenters. The van der Waals surface area contributed by atoms with Crippen LogP contribution in [0.15, 0.2) is 0 Å². The Morgan fingerprint density at radius 3 is 2.00 bits per heavy atom. The fourth-order valence-electron chi connectivity index (χ4n) is 2.49. The summed E-state index contributed by atoms with van der Waals surface area (Å²) < 4.78 is 0. The van der Waals surface area contributed by atoms with Crippen LogP contribution in [-0.4, -0.2) is 30.1 Å². The van der Waals surface area contributed by atoms with Gasteiger partial charge >= 0.3 is 0 Å². The Bertz CT molecular complexity index is 201. The van der Waals surface area contributed by atoms with E-state index in [1.165, 1.54) is 19.3 Å². The van der Waals surface area contributed by atoms with Gasteiger partial charge in [-0.15, -0.1) is 0 Å². The first kappa shape index (κ1) is 16.9. The van der Waals surface area contributed by atoms with Crippen molar-refractivity contribution in [3.63, 3.8) is 0 Å². The van der Waals surface area contributed by atoms with Gasteiger partial charge < -0.3 is 5.73 Å². The summed E-state index contributed by atoms with van der Waals surface area (Å²) in [6, 6.07) is 0.544. The number of nitrogens with two attached hydrogens (primary N) is 1. The van der Waals surface area contributed by atoms with Crippen molar-refractivity contribution in [2.75, 3.05) is 13.6 Å². The Hall–Kier alpha value is -0.0800. The van der Waals surface area contributed by atoms with E-state index in [0.29, 0.717) is 11.5 Å². The Balaban J connectivity index is 4.91. The molecular formula is C15H34N2. The van der Waals surface area contributed by atoms with Crippen molar-refractivity contribution < 1.29 is 0 Å². The Kier molecular flexibility index (Phi) is 6.71. The molecule has 2 nitrogen and oxygen atoms in total. The van der Waals surface area contributed by atoms with Crippen LogP contribution in [0, 0.1) is 5.41 Å². The van der Waals surface area contributed by atoms with E-state index in [0.717, 1.165) is 13.0 Å². The van der Waals surface area contributed by atoms with Gasteiger partial charge in [0.2, 0.25) is 0 Å². The first-order valence-corrected chi connectivity index (χ1v) is 7.18. The minimum Gasteiger partial charge on any atom is -0.329 e. The van der Waals surface area contributed by atoms with Crippen molar-refractivity contribution in [1.82, 2.24) is 4.90 Å². The molecular weight excluding hydrogens is 208 g/mol. The van der Waals surface area contributed by atoms with Crippen LogP contribution in [0.4, 0.5) is 0 Å². The molecule has 0 aliphatic heterocycles. The summed E-state index contributed by atoms with van der Waals surface area (Å²) in [6.45, 7) is 14.5.